The Hall–Kier alpha value is -2.09. The number of benzene rings is 1. The van der Waals surface area contributed by atoms with Gasteiger partial charge < -0.3 is 15.7 Å². The molecular formula is C15H20N2O5S. The van der Waals surface area contributed by atoms with Gasteiger partial charge in [0.15, 0.2) is 9.84 Å². The number of hydrogen-bond acceptors (Lipinski definition) is 4. The molecule has 2 rings (SSSR count). The Balaban J connectivity index is 2.03. The topological polar surface area (TPSA) is 113 Å². The van der Waals surface area contributed by atoms with E-state index in [0.717, 1.165) is 5.56 Å². The minimum atomic E-state index is -3.25. The lowest BCUT2D eigenvalue weighted by Gasteiger charge is -2.25. The lowest BCUT2D eigenvalue weighted by Crippen LogP contribution is -2.45. The van der Waals surface area contributed by atoms with Crippen LogP contribution in [-0.2, 0) is 21.1 Å². The highest BCUT2D eigenvalue weighted by Crippen LogP contribution is 2.28. The first kappa shape index (κ1) is 17.3. The molecule has 0 spiro atoms. The Labute approximate surface area is 135 Å². The fourth-order valence-electron chi connectivity index (χ4n) is 2.43. The quantitative estimate of drug-likeness (QED) is 0.756. The summed E-state index contributed by atoms with van der Waals surface area (Å²) in [5, 5.41) is 14.0. The van der Waals surface area contributed by atoms with E-state index in [9.17, 15) is 18.0 Å². The first-order valence-corrected chi connectivity index (χ1v) is 8.91. The second-order valence-corrected chi connectivity index (χ2v) is 8.33. The number of anilines is 1. The highest BCUT2D eigenvalue weighted by Gasteiger charge is 2.27. The number of urea groups is 1. The maximum absolute atomic E-state index is 12.0. The van der Waals surface area contributed by atoms with Gasteiger partial charge in [-0.15, -0.1) is 0 Å². The van der Waals surface area contributed by atoms with Crippen LogP contribution in [0.5, 0.6) is 0 Å². The van der Waals surface area contributed by atoms with Crippen LogP contribution >= 0.6 is 0 Å². The van der Waals surface area contributed by atoms with Crippen molar-refractivity contribution in [3.8, 4) is 0 Å². The molecule has 1 aliphatic rings. The maximum Gasteiger partial charge on any atom is 0.319 e. The van der Waals surface area contributed by atoms with E-state index in [-0.39, 0.29) is 23.5 Å². The number of sulfone groups is 1. The van der Waals surface area contributed by atoms with Crippen molar-refractivity contribution in [2.24, 2.45) is 0 Å². The fraction of sp³-hybridized carbons (Fsp3) is 0.467. The van der Waals surface area contributed by atoms with Gasteiger partial charge in [0.05, 0.1) is 10.6 Å². The van der Waals surface area contributed by atoms with Crippen LogP contribution in [0.25, 0.3) is 0 Å². The third-order valence-electron chi connectivity index (χ3n) is 3.72. The van der Waals surface area contributed by atoms with Crippen LogP contribution in [0.3, 0.4) is 0 Å². The molecule has 0 aliphatic carbocycles. The lowest BCUT2D eigenvalue weighted by atomic mass is 9.99. The Kier molecular flexibility index (Phi) is 4.65. The van der Waals surface area contributed by atoms with Crippen LogP contribution in [-0.4, -0.2) is 36.8 Å². The molecule has 0 radical (unpaired) electrons. The molecule has 7 nitrogen and oxygen atoms in total. The predicted molar refractivity (Wildman–Crippen MR) is 85.3 cm³/mol. The Morgan fingerprint density at radius 3 is 2.65 bits per heavy atom. The van der Waals surface area contributed by atoms with Crippen molar-refractivity contribution in [1.82, 2.24) is 5.32 Å². The van der Waals surface area contributed by atoms with Gasteiger partial charge in [-0.25, -0.2) is 13.2 Å². The van der Waals surface area contributed by atoms with Crippen LogP contribution in [0, 0.1) is 0 Å². The van der Waals surface area contributed by atoms with E-state index < -0.39 is 27.4 Å². The lowest BCUT2D eigenvalue weighted by molar-refractivity contribution is -0.137. The van der Waals surface area contributed by atoms with Gasteiger partial charge in [-0.2, -0.15) is 0 Å². The normalized spacial score (nSPS) is 15.7. The SMILES string of the molecule is CC(C)(CCC(=O)O)NC(=O)Nc1ccc2c(c1)S(=O)(=O)CC2. The molecule has 8 heteroatoms. The van der Waals surface area contributed by atoms with Gasteiger partial charge in [0.1, 0.15) is 0 Å². The Morgan fingerprint density at radius 2 is 2.00 bits per heavy atom. The molecule has 3 N–H and O–H groups in total. The van der Waals surface area contributed by atoms with Crippen LogP contribution in [0.4, 0.5) is 10.5 Å². The molecule has 23 heavy (non-hydrogen) atoms. The van der Waals surface area contributed by atoms with Crippen molar-refractivity contribution in [1.29, 1.82) is 0 Å². The molecule has 0 fully saturated rings. The fourth-order valence-corrected chi connectivity index (χ4v) is 4.02. The number of aliphatic carboxylic acids is 1. The van der Waals surface area contributed by atoms with E-state index in [4.69, 9.17) is 5.11 Å². The second-order valence-electron chi connectivity index (χ2n) is 6.25. The largest absolute Gasteiger partial charge is 0.481 e. The molecule has 0 unspecified atom stereocenters. The Bertz CT molecular complexity index is 740. The molecule has 0 saturated carbocycles. The number of hydrogen-bond donors (Lipinski definition) is 3. The van der Waals surface area contributed by atoms with Gasteiger partial charge in [0, 0.05) is 17.6 Å². The summed E-state index contributed by atoms with van der Waals surface area (Å²) in [6.45, 7) is 3.45. The first-order valence-electron chi connectivity index (χ1n) is 7.26. The number of rotatable bonds is 5. The average Bonchev–Trinajstić information content (AvgIpc) is 2.72. The van der Waals surface area contributed by atoms with E-state index in [1.54, 1.807) is 26.0 Å². The van der Waals surface area contributed by atoms with E-state index >= 15 is 0 Å². The van der Waals surface area contributed by atoms with Crippen LogP contribution < -0.4 is 10.6 Å². The number of aryl methyl sites for hydroxylation is 1. The van der Waals surface area contributed by atoms with Gasteiger partial charge in [-0.3, -0.25) is 4.79 Å². The average molecular weight is 340 g/mol. The zero-order valence-electron chi connectivity index (χ0n) is 13.0. The molecule has 1 aliphatic heterocycles. The number of carbonyl (C=O) groups excluding carboxylic acids is 1. The Morgan fingerprint density at radius 1 is 1.30 bits per heavy atom. The number of fused-ring (bicyclic) bond motifs is 1. The van der Waals surface area contributed by atoms with Crippen LogP contribution in [0.2, 0.25) is 0 Å². The minimum absolute atomic E-state index is 0.0512. The summed E-state index contributed by atoms with van der Waals surface area (Å²) in [7, 11) is -3.25. The van der Waals surface area contributed by atoms with E-state index in [0.29, 0.717) is 12.1 Å². The standard InChI is InChI=1S/C15H20N2O5S/c1-15(2,7-5-13(18)19)17-14(20)16-11-4-3-10-6-8-23(21,22)12(10)9-11/h3-4,9H,5-8H2,1-2H3,(H,18,19)(H2,16,17,20). The van der Waals surface area contributed by atoms with Crippen LogP contribution in [0.15, 0.2) is 23.1 Å². The second kappa shape index (κ2) is 6.19. The van der Waals surface area contributed by atoms with Gasteiger partial charge >= 0.3 is 12.0 Å². The summed E-state index contributed by atoms with van der Waals surface area (Å²) in [5.74, 6) is -0.829. The summed E-state index contributed by atoms with van der Waals surface area (Å²) >= 11 is 0. The number of carbonyl (C=O) groups is 2. The van der Waals surface area contributed by atoms with Crippen molar-refractivity contribution in [3.05, 3.63) is 23.8 Å². The summed E-state index contributed by atoms with van der Waals surface area (Å²) in [6, 6.07) is 4.31. The summed E-state index contributed by atoms with van der Waals surface area (Å²) < 4.78 is 23.8. The zero-order valence-corrected chi connectivity index (χ0v) is 13.9. The summed E-state index contributed by atoms with van der Waals surface area (Å²) in [5.41, 5.74) is 0.462. The van der Waals surface area contributed by atoms with E-state index in [2.05, 4.69) is 10.6 Å². The molecule has 1 heterocycles. The van der Waals surface area contributed by atoms with Gasteiger partial charge in [-0.05, 0) is 44.4 Å². The van der Waals surface area contributed by atoms with Crippen molar-refractivity contribution < 1.29 is 23.1 Å². The van der Waals surface area contributed by atoms with Gasteiger partial charge in [0.25, 0.3) is 0 Å². The summed E-state index contributed by atoms with van der Waals surface area (Å²) in [4.78, 5) is 22.9. The molecule has 1 aromatic carbocycles. The molecule has 1 aromatic rings. The molecule has 0 aromatic heterocycles. The monoisotopic (exact) mass is 340 g/mol. The highest BCUT2D eigenvalue weighted by molar-refractivity contribution is 7.91. The number of amides is 2. The third kappa shape index (κ3) is 4.44. The van der Waals surface area contributed by atoms with Gasteiger partial charge in [0.2, 0.25) is 0 Å². The number of carboxylic acids is 1. The molecule has 0 saturated heterocycles. The predicted octanol–water partition coefficient (Wildman–Crippen LogP) is 1.78. The van der Waals surface area contributed by atoms with E-state index in [1.165, 1.54) is 6.07 Å². The van der Waals surface area contributed by atoms with Crippen molar-refractivity contribution in [3.63, 3.8) is 0 Å². The smallest absolute Gasteiger partial charge is 0.319 e. The number of carboxylic acid groups (broad SMARTS) is 1. The first-order chi connectivity index (χ1) is 10.6. The summed E-state index contributed by atoms with van der Waals surface area (Å²) in [6.07, 6.45) is 0.727. The molecular weight excluding hydrogens is 320 g/mol. The van der Waals surface area contributed by atoms with Gasteiger partial charge in [-0.1, -0.05) is 6.07 Å². The molecule has 0 bridgehead atoms. The molecule has 126 valence electrons. The zero-order chi connectivity index (χ0) is 17.3. The van der Waals surface area contributed by atoms with Crippen molar-refractivity contribution in [2.75, 3.05) is 11.1 Å². The third-order valence-corrected chi connectivity index (χ3v) is 5.51. The highest BCUT2D eigenvalue weighted by atomic mass is 32.2. The molecule has 0 atom stereocenters. The van der Waals surface area contributed by atoms with Crippen molar-refractivity contribution >= 4 is 27.5 Å². The number of nitrogens with one attached hydrogen (secondary N) is 2. The van der Waals surface area contributed by atoms with Crippen LogP contribution in [0.1, 0.15) is 32.3 Å². The minimum Gasteiger partial charge on any atom is -0.481 e. The molecule has 2 amide bonds. The van der Waals surface area contributed by atoms with E-state index in [1.807, 2.05) is 0 Å². The maximum atomic E-state index is 12.0. The van der Waals surface area contributed by atoms with Crippen molar-refractivity contribution in [2.45, 2.75) is 43.5 Å².